The summed E-state index contributed by atoms with van der Waals surface area (Å²) in [5.41, 5.74) is 1.54. The van der Waals surface area contributed by atoms with Crippen LogP contribution in [0.25, 0.3) is 0 Å². The van der Waals surface area contributed by atoms with E-state index in [0.29, 0.717) is 5.76 Å². The van der Waals surface area contributed by atoms with Crippen molar-refractivity contribution in [1.29, 1.82) is 0 Å². The van der Waals surface area contributed by atoms with E-state index >= 15 is 0 Å². The standard InChI is InChI=1S/C11H15NO.C2H6/c1-6-8-10(9(3)13-5)11(7-2)12-4;1-2/h6-8H,1,3-4H2,2,5H3;1-2H3/b10-8-,11-7+;. The van der Waals surface area contributed by atoms with Crippen molar-refractivity contribution >= 4 is 6.72 Å². The minimum atomic E-state index is 0.556. The van der Waals surface area contributed by atoms with Crippen molar-refractivity contribution in [1.82, 2.24) is 0 Å². The molecule has 0 aromatic carbocycles. The third kappa shape index (κ3) is 5.68. The molecular formula is C13H21NO. The van der Waals surface area contributed by atoms with Crippen LogP contribution in [-0.4, -0.2) is 13.8 Å². The maximum Gasteiger partial charge on any atom is 0.121 e. The summed E-state index contributed by atoms with van der Waals surface area (Å²) in [5.74, 6) is 0.556. The van der Waals surface area contributed by atoms with Gasteiger partial charge >= 0.3 is 0 Å². The van der Waals surface area contributed by atoms with Gasteiger partial charge in [0.1, 0.15) is 5.76 Å². The number of rotatable bonds is 5. The number of ether oxygens (including phenoxy) is 1. The predicted octanol–water partition coefficient (Wildman–Crippen LogP) is 3.89. The first-order chi connectivity index (χ1) is 7.21. The van der Waals surface area contributed by atoms with Crippen LogP contribution in [0.4, 0.5) is 0 Å². The average molecular weight is 207 g/mol. The Bertz CT molecular complexity index is 272. The van der Waals surface area contributed by atoms with Crippen LogP contribution < -0.4 is 0 Å². The molecule has 0 aliphatic rings. The molecule has 0 saturated carbocycles. The average Bonchev–Trinajstić information content (AvgIpc) is 2.31. The van der Waals surface area contributed by atoms with Crippen molar-refractivity contribution in [3.05, 3.63) is 48.4 Å². The zero-order chi connectivity index (χ0) is 12.3. The summed E-state index contributed by atoms with van der Waals surface area (Å²) >= 11 is 0. The van der Waals surface area contributed by atoms with Gasteiger partial charge in [-0.2, -0.15) is 0 Å². The summed E-state index contributed by atoms with van der Waals surface area (Å²) < 4.78 is 5.01. The number of allylic oxidation sites excluding steroid dienone is 3. The fraction of sp³-hybridized carbons (Fsp3) is 0.308. The second-order valence-corrected chi connectivity index (χ2v) is 2.28. The number of methoxy groups -OCH3 is 1. The van der Waals surface area contributed by atoms with Gasteiger partial charge in [-0.15, -0.1) is 0 Å². The van der Waals surface area contributed by atoms with Crippen molar-refractivity contribution in [2.24, 2.45) is 4.99 Å². The molecule has 0 bridgehead atoms. The third-order valence-electron chi connectivity index (χ3n) is 1.55. The molecule has 0 unspecified atom stereocenters. The minimum Gasteiger partial charge on any atom is -0.497 e. The molecule has 0 rings (SSSR count). The monoisotopic (exact) mass is 207 g/mol. The van der Waals surface area contributed by atoms with E-state index in [1.165, 1.54) is 0 Å². The van der Waals surface area contributed by atoms with Crippen LogP contribution in [0.3, 0.4) is 0 Å². The van der Waals surface area contributed by atoms with Gasteiger partial charge in [0.15, 0.2) is 0 Å². The molecule has 2 nitrogen and oxygen atoms in total. The van der Waals surface area contributed by atoms with Gasteiger partial charge in [0, 0.05) is 5.57 Å². The lowest BCUT2D eigenvalue weighted by molar-refractivity contribution is 0.304. The zero-order valence-electron chi connectivity index (χ0n) is 10.2. The summed E-state index contributed by atoms with van der Waals surface area (Å²) in [6.07, 6.45) is 5.29. The van der Waals surface area contributed by atoms with E-state index in [9.17, 15) is 0 Å². The molecule has 84 valence electrons. The number of aliphatic imine (C=N–C) groups is 1. The van der Waals surface area contributed by atoms with Gasteiger partial charge in [0.25, 0.3) is 0 Å². The molecule has 2 heteroatoms. The number of hydrogen-bond acceptors (Lipinski definition) is 2. The van der Waals surface area contributed by atoms with E-state index in [2.05, 4.69) is 24.9 Å². The molecule has 0 fully saturated rings. The fourth-order valence-electron chi connectivity index (χ4n) is 0.881. The summed E-state index contributed by atoms with van der Waals surface area (Å²) in [7, 11) is 1.57. The van der Waals surface area contributed by atoms with Crippen molar-refractivity contribution in [3.8, 4) is 0 Å². The van der Waals surface area contributed by atoms with Gasteiger partial charge in [-0.05, 0) is 19.7 Å². The zero-order valence-corrected chi connectivity index (χ0v) is 10.2. The molecule has 0 spiro atoms. The summed E-state index contributed by atoms with van der Waals surface area (Å²) in [5, 5.41) is 0. The van der Waals surface area contributed by atoms with Crippen molar-refractivity contribution < 1.29 is 4.74 Å². The van der Waals surface area contributed by atoms with Crippen LogP contribution in [0.5, 0.6) is 0 Å². The summed E-state index contributed by atoms with van der Waals surface area (Å²) in [6.45, 7) is 16.7. The Morgan fingerprint density at radius 2 is 1.87 bits per heavy atom. The highest BCUT2D eigenvalue weighted by atomic mass is 16.5. The number of hydrogen-bond donors (Lipinski definition) is 0. The Balaban J connectivity index is 0. The van der Waals surface area contributed by atoms with Crippen LogP contribution in [0, 0.1) is 0 Å². The van der Waals surface area contributed by atoms with E-state index in [1.54, 1.807) is 19.3 Å². The van der Waals surface area contributed by atoms with E-state index in [0.717, 1.165) is 11.3 Å². The molecular weight excluding hydrogens is 186 g/mol. The molecule has 15 heavy (non-hydrogen) atoms. The highest BCUT2D eigenvalue weighted by molar-refractivity contribution is 5.47. The van der Waals surface area contributed by atoms with Gasteiger partial charge in [-0.1, -0.05) is 39.2 Å². The fourth-order valence-corrected chi connectivity index (χ4v) is 0.881. The van der Waals surface area contributed by atoms with Crippen molar-refractivity contribution in [3.63, 3.8) is 0 Å². The second kappa shape index (κ2) is 10.5. The molecule has 0 amide bonds. The lowest BCUT2D eigenvalue weighted by Gasteiger charge is -2.08. The van der Waals surface area contributed by atoms with E-state index in [1.807, 2.05) is 26.8 Å². The molecule has 0 radical (unpaired) electrons. The quantitative estimate of drug-likeness (QED) is 0.381. The van der Waals surface area contributed by atoms with Crippen LogP contribution in [-0.2, 0) is 4.74 Å². The van der Waals surface area contributed by atoms with Crippen LogP contribution >= 0.6 is 0 Å². The van der Waals surface area contributed by atoms with Crippen LogP contribution in [0.2, 0.25) is 0 Å². The molecule has 0 heterocycles. The highest BCUT2D eigenvalue weighted by Crippen LogP contribution is 2.19. The van der Waals surface area contributed by atoms with Gasteiger partial charge < -0.3 is 4.74 Å². The normalized spacial score (nSPS) is 10.9. The second-order valence-electron chi connectivity index (χ2n) is 2.28. The largest absolute Gasteiger partial charge is 0.497 e. The van der Waals surface area contributed by atoms with Gasteiger partial charge in [0.05, 0.1) is 12.8 Å². The minimum absolute atomic E-state index is 0.556. The summed E-state index contributed by atoms with van der Waals surface area (Å²) in [6, 6.07) is 0. The first kappa shape index (κ1) is 15.9. The summed E-state index contributed by atoms with van der Waals surface area (Å²) in [4.78, 5) is 3.85. The Hall–Kier alpha value is -1.57. The Morgan fingerprint density at radius 3 is 2.13 bits per heavy atom. The maximum absolute atomic E-state index is 5.01. The smallest absolute Gasteiger partial charge is 0.121 e. The molecule has 0 N–H and O–H groups in total. The first-order valence-corrected chi connectivity index (χ1v) is 4.90. The third-order valence-corrected chi connectivity index (χ3v) is 1.55. The first-order valence-electron chi connectivity index (χ1n) is 4.90. The lowest BCUT2D eigenvalue weighted by Crippen LogP contribution is -1.93. The molecule has 0 aromatic rings. The Labute approximate surface area is 93.4 Å². The van der Waals surface area contributed by atoms with Gasteiger partial charge in [-0.25, -0.2) is 0 Å². The molecule has 0 atom stereocenters. The van der Waals surface area contributed by atoms with E-state index in [-0.39, 0.29) is 0 Å². The molecule has 0 aliphatic carbocycles. The predicted molar refractivity (Wildman–Crippen MR) is 69.1 cm³/mol. The highest BCUT2D eigenvalue weighted by Gasteiger charge is 2.05. The van der Waals surface area contributed by atoms with E-state index in [4.69, 9.17) is 4.74 Å². The number of nitrogens with zero attached hydrogens (tertiary/aromatic N) is 1. The molecule has 0 aromatic heterocycles. The molecule has 0 saturated heterocycles. The van der Waals surface area contributed by atoms with Crippen molar-refractivity contribution in [2.75, 3.05) is 7.11 Å². The van der Waals surface area contributed by atoms with Crippen LogP contribution in [0.15, 0.2) is 53.4 Å². The van der Waals surface area contributed by atoms with Crippen LogP contribution in [0.1, 0.15) is 20.8 Å². The van der Waals surface area contributed by atoms with Gasteiger partial charge in [-0.3, -0.25) is 4.99 Å². The topological polar surface area (TPSA) is 21.6 Å². The van der Waals surface area contributed by atoms with E-state index < -0.39 is 0 Å². The van der Waals surface area contributed by atoms with Gasteiger partial charge in [0.2, 0.25) is 0 Å². The lowest BCUT2D eigenvalue weighted by atomic mass is 10.1. The molecule has 0 aliphatic heterocycles. The van der Waals surface area contributed by atoms with Crippen molar-refractivity contribution in [2.45, 2.75) is 20.8 Å². The Kier molecular flexibility index (Phi) is 11.1. The maximum atomic E-state index is 5.01. The SMILES string of the molecule is C=C/C=C(C(=C)OC)\C(=C/C)N=C.CC. The Morgan fingerprint density at radius 1 is 1.33 bits per heavy atom.